The number of hydrogen-bond donors (Lipinski definition) is 4. The van der Waals surface area contributed by atoms with Gasteiger partial charge in [-0.3, -0.25) is 39.0 Å². The molecular formula is C52H56BBrF2N10O10. The first-order valence-electron chi connectivity index (χ1n) is 24.1. The minimum atomic E-state index is -0.818. The van der Waals surface area contributed by atoms with Gasteiger partial charge in [0.15, 0.2) is 0 Å². The smallest absolute Gasteiger partial charge is 0.442 e. The van der Waals surface area contributed by atoms with Gasteiger partial charge in [-0.15, -0.1) is 0 Å². The fourth-order valence-electron chi connectivity index (χ4n) is 7.74. The summed E-state index contributed by atoms with van der Waals surface area (Å²) >= 11 is 3.32. The van der Waals surface area contributed by atoms with Gasteiger partial charge >= 0.3 is 19.3 Å². The fraction of sp³-hybridized carbons (Fsp3) is 0.346. The van der Waals surface area contributed by atoms with Crippen LogP contribution < -0.4 is 36.5 Å². The Morgan fingerprint density at radius 2 is 1.09 bits per heavy atom. The third kappa shape index (κ3) is 14.6. The number of ether oxygens (including phenoxy) is 2. The number of rotatable bonds is 14. The van der Waals surface area contributed by atoms with Crippen LogP contribution in [0.2, 0.25) is 0 Å². The number of nitrogens with one attached hydrogen (secondary N) is 4. The number of benzene rings is 4. The molecule has 2 atom stereocenters. The molecule has 0 aliphatic carbocycles. The molecule has 5 aliphatic rings. The highest BCUT2D eigenvalue weighted by molar-refractivity contribution is 9.10. The third-order valence-electron chi connectivity index (χ3n) is 12.5. The standard InChI is InChI=1S/C23H22FN5O4.C18H24BFN2O5.C11H10BrN3O/c1-14(30)27-11-18-13-29(23(32)33-18)17-6-7-19(20(24)10-17)15-2-4-16(5-3-15)22(31)28-12-21-25-8-9-26-21;1-11(23)21-9-13-10-22(16(24)25-13)12-6-7-14(15(20)8-12)19-26-17(2,3)18(4,5)27-19;12-9-3-1-8(2-4-9)11(16)15-7-10-13-5-6-14-10/h2-8,10,18H,9,11-13H2,1H3,(H,27,30)(H,28,31);6-8,13H,9-10H2,1-5H3,(H,21,23);1-5H,6-7H2,(H,15,16)/t18-;13-;/m00./s1. The Hall–Kier alpha value is -7.70. The van der Waals surface area contributed by atoms with Gasteiger partial charge in [-0.25, -0.2) is 28.4 Å². The molecule has 3 saturated heterocycles. The van der Waals surface area contributed by atoms with Crippen molar-refractivity contribution in [1.29, 1.82) is 0 Å². The lowest BCUT2D eigenvalue weighted by Crippen LogP contribution is -2.41. The number of hydrogen-bond acceptors (Lipinski definition) is 14. The molecule has 4 aromatic rings. The minimum absolute atomic E-state index is 0.114. The normalized spacial score (nSPS) is 18.6. The molecule has 0 spiro atoms. The molecule has 3 fully saturated rings. The summed E-state index contributed by atoms with van der Waals surface area (Å²) in [6, 6.07) is 22.7. The predicted molar refractivity (Wildman–Crippen MR) is 287 cm³/mol. The van der Waals surface area contributed by atoms with Crippen LogP contribution in [-0.2, 0) is 28.4 Å². The zero-order valence-corrected chi connectivity index (χ0v) is 44.1. The first kappa shape index (κ1) is 56.0. The number of cyclic esters (lactones) is 2. The van der Waals surface area contributed by atoms with Gasteiger partial charge in [-0.2, -0.15) is 0 Å². The summed E-state index contributed by atoms with van der Waals surface area (Å²) in [5.41, 5.74) is 1.87. The van der Waals surface area contributed by atoms with Gasteiger partial charge in [0.25, 0.3) is 11.8 Å². The summed E-state index contributed by atoms with van der Waals surface area (Å²) in [6.07, 6.45) is 1.24. The zero-order chi connectivity index (χ0) is 54.7. The summed E-state index contributed by atoms with van der Waals surface area (Å²) in [7, 11) is -0.818. The van der Waals surface area contributed by atoms with Crippen LogP contribution in [0.25, 0.3) is 11.1 Å². The Labute approximate surface area is 446 Å². The number of carbonyl (C=O) groups excluding carboxylic acids is 6. The van der Waals surface area contributed by atoms with E-state index in [1.54, 1.807) is 73.1 Å². The van der Waals surface area contributed by atoms with E-state index in [9.17, 15) is 37.5 Å². The van der Waals surface area contributed by atoms with Gasteiger partial charge in [0.2, 0.25) is 11.8 Å². The molecule has 9 rings (SSSR count). The minimum Gasteiger partial charge on any atom is -0.442 e. The van der Waals surface area contributed by atoms with Crippen molar-refractivity contribution in [2.45, 2.75) is 65.0 Å². The van der Waals surface area contributed by atoms with Crippen LogP contribution >= 0.6 is 15.9 Å². The Morgan fingerprint density at radius 3 is 1.51 bits per heavy atom. The van der Waals surface area contributed by atoms with Gasteiger partial charge in [0.05, 0.1) is 74.9 Å². The van der Waals surface area contributed by atoms with Gasteiger partial charge in [0.1, 0.15) is 35.5 Å². The molecule has 76 heavy (non-hydrogen) atoms. The van der Waals surface area contributed by atoms with E-state index in [0.717, 1.165) is 4.47 Å². The number of amidine groups is 2. The lowest BCUT2D eigenvalue weighted by Gasteiger charge is -2.32. The van der Waals surface area contributed by atoms with Crippen LogP contribution in [0, 0.1) is 11.6 Å². The second-order valence-corrected chi connectivity index (χ2v) is 19.6. The van der Waals surface area contributed by atoms with Crippen LogP contribution in [0.4, 0.5) is 29.7 Å². The molecule has 4 N–H and O–H groups in total. The average Bonchev–Trinajstić information content (AvgIpc) is 4.25. The molecule has 398 valence electrons. The van der Waals surface area contributed by atoms with E-state index in [4.69, 9.17) is 18.8 Å². The highest BCUT2D eigenvalue weighted by Crippen LogP contribution is 2.37. The van der Waals surface area contributed by atoms with Crippen molar-refractivity contribution in [3.8, 4) is 11.1 Å². The van der Waals surface area contributed by atoms with Crippen LogP contribution in [0.1, 0.15) is 62.3 Å². The molecule has 24 heteroatoms. The number of carbonyl (C=O) groups is 6. The van der Waals surface area contributed by atoms with E-state index in [1.807, 2.05) is 39.8 Å². The molecule has 6 amide bonds. The number of anilines is 2. The molecule has 0 bridgehead atoms. The summed E-state index contributed by atoms with van der Waals surface area (Å²) in [5, 5.41) is 10.7. The Morgan fingerprint density at radius 1 is 0.645 bits per heavy atom. The molecule has 0 radical (unpaired) electrons. The summed E-state index contributed by atoms with van der Waals surface area (Å²) in [4.78, 5) is 89.2. The lowest BCUT2D eigenvalue weighted by atomic mass is 9.78. The maximum absolute atomic E-state index is 14.9. The zero-order valence-electron chi connectivity index (χ0n) is 42.5. The van der Waals surface area contributed by atoms with E-state index < -0.39 is 54.3 Å². The molecule has 5 aliphatic heterocycles. The molecular weight excluding hydrogens is 1050 g/mol. The maximum Gasteiger partial charge on any atom is 0.497 e. The second kappa shape index (κ2) is 24.8. The van der Waals surface area contributed by atoms with E-state index in [2.05, 4.69) is 57.2 Å². The second-order valence-electron chi connectivity index (χ2n) is 18.7. The van der Waals surface area contributed by atoms with Crippen LogP contribution in [0.5, 0.6) is 0 Å². The fourth-order valence-corrected chi connectivity index (χ4v) is 8.00. The SMILES string of the molecule is CC(=O)NC[C@H]1CN(c2ccc(-c3ccc(C(=O)NCC4=NCC=N4)cc3)c(F)c2)C(=O)O1.CC(=O)NC[C@H]1CN(c2ccc(B3OC(C)(C)C(C)(C)O3)c(F)c2)C(=O)O1.O=C(NCC1=NCC=N1)c1ccc(Br)cc1. The van der Waals surface area contributed by atoms with Crippen molar-refractivity contribution < 1.29 is 56.3 Å². The topological polar surface area (TPSA) is 243 Å². The van der Waals surface area contributed by atoms with Crippen molar-refractivity contribution >= 4 is 99.8 Å². The Kier molecular flexibility index (Phi) is 18.3. The number of halogens is 3. The summed E-state index contributed by atoms with van der Waals surface area (Å²) in [6.45, 7) is 13.0. The lowest BCUT2D eigenvalue weighted by molar-refractivity contribution is -0.120. The highest BCUT2D eigenvalue weighted by atomic mass is 79.9. The Bertz CT molecular complexity index is 2960. The van der Waals surface area contributed by atoms with Crippen molar-refractivity contribution in [3.63, 3.8) is 0 Å². The van der Waals surface area contributed by atoms with Crippen molar-refractivity contribution in [2.75, 3.05) is 62.2 Å². The number of nitrogens with zero attached hydrogens (tertiary/aromatic N) is 6. The molecule has 20 nitrogen and oxygen atoms in total. The average molecular weight is 1110 g/mol. The van der Waals surface area contributed by atoms with Gasteiger partial charge in [-0.05, 0) is 100.0 Å². The highest BCUT2D eigenvalue weighted by Gasteiger charge is 2.52. The number of amides is 6. The van der Waals surface area contributed by atoms with E-state index >= 15 is 0 Å². The van der Waals surface area contributed by atoms with Crippen LogP contribution in [-0.4, -0.2) is 143 Å². The predicted octanol–water partition coefficient (Wildman–Crippen LogP) is 5.41. The molecule has 4 aromatic carbocycles. The summed E-state index contributed by atoms with van der Waals surface area (Å²) < 4.78 is 52.8. The monoisotopic (exact) mass is 1110 g/mol. The molecule has 5 heterocycles. The van der Waals surface area contributed by atoms with Gasteiger partial charge in [-0.1, -0.05) is 34.1 Å². The van der Waals surface area contributed by atoms with Crippen LogP contribution in [0.3, 0.4) is 0 Å². The van der Waals surface area contributed by atoms with Gasteiger partial charge < -0.3 is 40.0 Å². The molecule has 0 unspecified atom stereocenters. The van der Waals surface area contributed by atoms with Crippen molar-refractivity contribution in [2.24, 2.45) is 20.0 Å². The van der Waals surface area contributed by atoms with Crippen molar-refractivity contribution in [1.82, 2.24) is 21.3 Å². The maximum atomic E-state index is 14.9. The van der Waals surface area contributed by atoms with E-state index in [1.165, 1.54) is 35.8 Å². The summed E-state index contributed by atoms with van der Waals surface area (Å²) in [5.74, 6) is -0.608. The molecule has 0 saturated carbocycles. The largest absolute Gasteiger partial charge is 0.497 e. The third-order valence-corrected chi connectivity index (χ3v) is 13.1. The van der Waals surface area contributed by atoms with E-state index in [0.29, 0.717) is 64.9 Å². The number of aliphatic imine (C=N–C) groups is 4. The quantitative estimate of drug-likeness (QED) is 0.117. The molecule has 0 aromatic heterocycles. The van der Waals surface area contributed by atoms with Crippen LogP contribution in [0.15, 0.2) is 109 Å². The van der Waals surface area contributed by atoms with E-state index in [-0.39, 0.29) is 61.8 Å². The van der Waals surface area contributed by atoms with Gasteiger partial charge in [0, 0.05) is 52.9 Å². The first-order valence-corrected chi connectivity index (χ1v) is 24.9. The van der Waals surface area contributed by atoms with Crippen molar-refractivity contribution in [3.05, 3.63) is 112 Å². The Balaban J connectivity index is 0.000000176. The first-order chi connectivity index (χ1) is 36.2.